The minimum absolute atomic E-state index is 0.443. The van der Waals surface area contributed by atoms with Gasteiger partial charge in [0.05, 0.1) is 0 Å². The summed E-state index contributed by atoms with van der Waals surface area (Å²) in [5.74, 6) is 0. The molecule has 0 amide bonds. The standard InChI is InChI=1S/C16H14N4/c17-8-13-11-20(16-4-2-1-3-15(13)16)10-12-5-6-19-14(7-12)9-18/h1-7,11H,8,10,17H2. The van der Waals surface area contributed by atoms with Crippen LogP contribution in [0.5, 0.6) is 0 Å². The molecular weight excluding hydrogens is 248 g/mol. The molecule has 2 heterocycles. The predicted molar refractivity (Wildman–Crippen MR) is 77.9 cm³/mol. The van der Waals surface area contributed by atoms with E-state index in [-0.39, 0.29) is 0 Å². The Hall–Kier alpha value is -2.64. The van der Waals surface area contributed by atoms with Crippen molar-refractivity contribution in [1.29, 1.82) is 5.26 Å². The minimum Gasteiger partial charge on any atom is -0.343 e. The third-order valence-corrected chi connectivity index (χ3v) is 3.38. The second-order valence-electron chi connectivity index (χ2n) is 4.66. The van der Waals surface area contributed by atoms with E-state index < -0.39 is 0 Å². The zero-order valence-corrected chi connectivity index (χ0v) is 11.0. The molecule has 20 heavy (non-hydrogen) atoms. The lowest BCUT2D eigenvalue weighted by molar-refractivity contribution is 0.827. The summed E-state index contributed by atoms with van der Waals surface area (Å²) in [6.45, 7) is 1.23. The van der Waals surface area contributed by atoms with Crippen LogP contribution in [-0.2, 0) is 13.1 Å². The molecule has 3 rings (SSSR count). The van der Waals surface area contributed by atoms with Gasteiger partial charge in [-0.3, -0.25) is 0 Å². The summed E-state index contributed by atoms with van der Waals surface area (Å²) in [5.41, 5.74) is 9.59. The normalized spacial score (nSPS) is 10.6. The van der Waals surface area contributed by atoms with Gasteiger partial charge in [-0.25, -0.2) is 4.98 Å². The molecule has 0 unspecified atom stereocenters. The molecule has 2 N–H and O–H groups in total. The van der Waals surface area contributed by atoms with Crippen molar-refractivity contribution < 1.29 is 0 Å². The van der Waals surface area contributed by atoms with E-state index in [0.29, 0.717) is 18.8 Å². The number of pyridine rings is 1. The summed E-state index contributed by atoms with van der Waals surface area (Å²) >= 11 is 0. The molecule has 0 atom stereocenters. The van der Waals surface area contributed by atoms with E-state index in [2.05, 4.69) is 33.9 Å². The highest BCUT2D eigenvalue weighted by molar-refractivity contribution is 5.84. The van der Waals surface area contributed by atoms with E-state index in [4.69, 9.17) is 11.0 Å². The summed E-state index contributed by atoms with van der Waals surface area (Å²) < 4.78 is 2.16. The van der Waals surface area contributed by atoms with Gasteiger partial charge in [0.2, 0.25) is 0 Å². The van der Waals surface area contributed by atoms with Crippen LogP contribution in [0.1, 0.15) is 16.8 Å². The van der Waals surface area contributed by atoms with Crippen molar-refractivity contribution in [2.24, 2.45) is 5.73 Å². The fourth-order valence-corrected chi connectivity index (χ4v) is 2.45. The van der Waals surface area contributed by atoms with Crippen LogP contribution in [0.25, 0.3) is 10.9 Å². The second kappa shape index (κ2) is 5.16. The maximum atomic E-state index is 8.91. The van der Waals surface area contributed by atoms with E-state index in [1.807, 2.05) is 24.3 Å². The number of hydrogen-bond acceptors (Lipinski definition) is 3. The highest BCUT2D eigenvalue weighted by atomic mass is 15.0. The van der Waals surface area contributed by atoms with Crippen LogP contribution in [0.4, 0.5) is 0 Å². The molecule has 4 nitrogen and oxygen atoms in total. The van der Waals surface area contributed by atoms with Crippen molar-refractivity contribution in [3.63, 3.8) is 0 Å². The minimum atomic E-state index is 0.443. The first-order valence-electron chi connectivity index (χ1n) is 6.43. The molecule has 98 valence electrons. The molecule has 2 aromatic heterocycles. The molecule has 0 fully saturated rings. The van der Waals surface area contributed by atoms with Crippen molar-refractivity contribution in [2.45, 2.75) is 13.1 Å². The molecule has 0 saturated heterocycles. The molecule has 0 aliphatic carbocycles. The van der Waals surface area contributed by atoms with E-state index in [0.717, 1.165) is 16.6 Å². The average molecular weight is 262 g/mol. The van der Waals surface area contributed by atoms with Crippen LogP contribution in [-0.4, -0.2) is 9.55 Å². The number of aromatic nitrogens is 2. The van der Waals surface area contributed by atoms with E-state index in [1.54, 1.807) is 6.20 Å². The van der Waals surface area contributed by atoms with Gasteiger partial charge in [-0.2, -0.15) is 5.26 Å². The molecule has 0 bridgehead atoms. The average Bonchev–Trinajstić information content (AvgIpc) is 2.86. The Bertz CT molecular complexity index is 796. The fraction of sp³-hybridized carbons (Fsp3) is 0.125. The second-order valence-corrected chi connectivity index (χ2v) is 4.66. The van der Waals surface area contributed by atoms with Crippen LogP contribution in [0.3, 0.4) is 0 Å². The maximum absolute atomic E-state index is 8.91. The van der Waals surface area contributed by atoms with Crippen molar-refractivity contribution in [3.8, 4) is 6.07 Å². The Kier molecular flexibility index (Phi) is 3.20. The quantitative estimate of drug-likeness (QED) is 0.788. The lowest BCUT2D eigenvalue weighted by Gasteiger charge is -2.05. The summed E-state index contributed by atoms with van der Waals surface area (Å²) in [7, 11) is 0. The number of para-hydroxylation sites is 1. The Balaban J connectivity index is 2.04. The van der Waals surface area contributed by atoms with E-state index >= 15 is 0 Å². The first-order valence-corrected chi connectivity index (χ1v) is 6.43. The van der Waals surface area contributed by atoms with Crippen molar-refractivity contribution >= 4 is 10.9 Å². The third kappa shape index (κ3) is 2.15. The Labute approximate surface area is 117 Å². The Morgan fingerprint density at radius 1 is 1.25 bits per heavy atom. The summed E-state index contributed by atoms with van der Waals surface area (Å²) in [4.78, 5) is 3.99. The first-order chi connectivity index (χ1) is 9.81. The number of nitrogens with zero attached hydrogens (tertiary/aromatic N) is 3. The van der Waals surface area contributed by atoms with E-state index in [1.165, 1.54) is 5.39 Å². The van der Waals surface area contributed by atoms with Gasteiger partial charge < -0.3 is 10.3 Å². The van der Waals surface area contributed by atoms with Crippen molar-refractivity contribution in [2.75, 3.05) is 0 Å². The summed E-state index contributed by atoms with van der Waals surface area (Å²) in [6.07, 6.45) is 3.75. The van der Waals surface area contributed by atoms with Gasteiger partial charge in [0, 0.05) is 36.4 Å². The van der Waals surface area contributed by atoms with Gasteiger partial charge in [0.25, 0.3) is 0 Å². The topological polar surface area (TPSA) is 67.6 Å². The highest BCUT2D eigenvalue weighted by Gasteiger charge is 2.07. The molecule has 1 aromatic carbocycles. The molecule has 0 radical (unpaired) electrons. The first kappa shape index (κ1) is 12.4. The van der Waals surface area contributed by atoms with Gasteiger partial charge >= 0.3 is 0 Å². The van der Waals surface area contributed by atoms with Gasteiger partial charge in [-0.15, -0.1) is 0 Å². The smallest absolute Gasteiger partial charge is 0.140 e. The zero-order valence-electron chi connectivity index (χ0n) is 11.0. The number of hydrogen-bond donors (Lipinski definition) is 1. The van der Waals surface area contributed by atoms with Gasteiger partial charge in [-0.1, -0.05) is 18.2 Å². The molecule has 3 aromatic rings. The maximum Gasteiger partial charge on any atom is 0.140 e. The Morgan fingerprint density at radius 2 is 2.10 bits per heavy atom. The summed E-state index contributed by atoms with van der Waals surface area (Å²) in [5, 5.41) is 10.1. The van der Waals surface area contributed by atoms with Crippen LogP contribution in [0, 0.1) is 11.3 Å². The molecular formula is C16H14N4. The number of benzene rings is 1. The molecule has 0 aliphatic rings. The van der Waals surface area contributed by atoms with E-state index in [9.17, 15) is 0 Å². The number of nitrogens with two attached hydrogens (primary N) is 1. The predicted octanol–water partition coefficient (Wildman–Crippen LogP) is 2.41. The lowest BCUT2D eigenvalue weighted by Crippen LogP contribution is -1.99. The van der Waals surface area contributed by atoms with Crippen LogP contribution >= 0.6 is 0 Å². The van der Waals surface area contributed by atoms with Crippen molar-refractivity contribution in [3.05, 3.63) is 65.6 Å². The largest absolute Gasteiger partial charge is 0.343 e. The highest BCUT2D eigenvalue weighted by Crippen LogP contribution is 2.22. The monoisotopic (exact) mass is 262 g/mol. The zero-order chi connectivity index (χ0) is 13.9. The molecule has 0 spiro atoms. The van der Waals surface area contributed by atoms with Crippen LogP contribution < -0.4 is 5.73 Å². The SMILES string of the molecule is N#Cc1cc(Cn2cc(CN)c3ccccc32)ccn1. The third-order valence-electron chi connectivity index (χ3n) is 3.38. The van der Waals surface area contributed by atoms with Gasteiger partial charge in [0.15, 0.2) is 0 Å². The van der Waals surface area contributed by atoms with Crippen LogP contribution in [0.15, 0.2) is 48.8 Å². The Morgan fingerprint density at radius 3 is 2.90 bits per heavy atom. The molecule has 0 saturated carbocycles. The molecule has 0 aliphatic heterocycles. The number of rotatable bonds is 3. The fourth-order valence-electron chi connectivity index (χ4n) is 2.45. The van der Waals surface area contributed by atoms with Gasteiger partial charge in [-0.05, 0) is 29.3 Å². The van der Waals surface area contributed by atoms with Crippen LogP contribution in [0.2, 0.25) is 0 Å². The molecule has 4 heteroatoms. The number of nitriles is 1. The lowest BCUT2D eigenvalue weighted by atomic mass is 10.2. The number of fused-ring (bicyclic) bond motifs is 1. The summed E-state index contributed by atoms with van der Waals surface area (Å²) in [6, 6.07) is 14.0. The van der Waals surface area contributed by atoms with Gasteiger partial charge in [0.1, 0.15) is 11.8 Å². The van der Waals surface area contributed by atoms with Crippen molar-refractivity contribution in [1.82, 2.24) is 9.55 Å².